The molecule has 0 saturated heterocycles. The standard InChI is InChI=1S/C19H30O3/c1-18-8-7-12(20)9-11(18)3-4-13-14-5-6-16(22)19(14,2)10-15(21)17(13)18/h11-15,17,20-21H,3-10H2,1-2H3/t11-,12-,13+,14+,15+,17-,18+,19+/m0/s1/i7D2,9D2. The molecule has 4 rings (SSSR count). The fourth-order valence-corrected chi connectivity index (χ4v) is 6.46. The van der Waals surface area contributed by atoms with Gasteiger partial charge in [0.2, 0.25) is 0 Å². The van der Waals surface area contributed by atoms with E-state index in [1.807, 2.05) is 13.8 Å². The molecule has 0 radical (unpaired) electrons. The number of hydrogen-bond donors (Lipinski definition) is 2. The number of carbonyl (C=O) groups excluding carboxylic acids is 1. The van der Waals surface area contributed by atoms with Gasteiger partial charge in [-0.1, -0.05) is 13.8 Å². The fraction of sp³-hybridized carbons (Fsp3) is 0.947. The van der Waals surface area contributed by atoms with Gasteiger partial charge in [0.15, 0.2) is 0 Å². The zero-order chi connectivity index (χ0) is 19.3. The lowest BCUT2D eigenvalue weighted by atomic mass is 9.44. The van der Waals surface area contributed by atoms with Crippen LogP contribution in [0.3, 0.4) is 0 Å². The maximum atomic E-state index is 12.5. The largest absolute Gasteiger partial charge is 0.393 e. The van der Waals surface area contributed by atoms with Crippen LogP contribution in [-0.4, -0.2) is 28.2 Å². The second kappa shape index (κ2) is 4.80. The van der Waals surface area contributed by atoms with E-state index in [1.54, 1.807) is 0 Å². The molecule has 3 nitrogen and oxygen atoms in total. The lowest BCUT2D eigenvalue weighted by Gasteiger charge is -2.61. The van der Waals surface area contributed by atoms with Crippen LogP contribution in [0.2, 0.25) is 0 Å². The maximum absolute atomic E-state index is 12.5. The first-order valence-electron chi connectivity index (χ1n) is 10.7. The zero-order valence-electron chi connectivity index (χ0n) is 17.5. The summed E-state index contributed by atoms with van der Waals surface area (Å²) < 4.78 is 33.5. The third-order valence-electron chi connectivity index (χ3n) is 7.55. The minimum Gasteiger partial charge on any atom is -0.393 e. The Morgan fingerprint density at radius 2 is 2.00 bits per heavy atom. The van der Waals surface area contributed by atoms with Gasteiger partial charge in [-0.05, 0) is 73.9 Å². The number of aliphatic hydroxyl groups is 2. The smallest absolute Gasteiger partial charge is 0.139 e. The molecule has 0 bridgehead atoms. The summed E-state index contributed by atoms with van der Waals surface area (Å²) in [6, 6.07) is 0. The number of hydrogen-bond acceptors (Lipinski definition) is 3. The molecular weight excluding hydrogens is 276 g/mol. The Balaban J connectivity index is 1.77. The van der Waals surface area contributed by atoms with Crippen molar-refractivity contribution < 1.29 is 20.5 Å². The number of Topliss-reactive ketones (excluding diaryl/α,β-unsaturated/α-hetero) is 1. The second-order valence-corrected chi connectivity index (χ2v) is 8.53. The molecule has 4 saturated carbocycles. The minimum absolute atomic E-state index is 0.0565. The molecule has 3 heteroatoms. The molecule has 0 amide bonds. The number of carbonyl (C=O) groups is 1. The van der Waals surface area contributed by atoms with Crippen molar-refractivity contribution in [3.63, 3.8) is 0 Å². The highest BCUT2D eigenvalue weighted by Gasteiger charge is 2.63. The molecule has 8 atom stereocenters. The summed E-state index contributed by atoms with van der Waals surface area (Å²) in [5, 5.41) is 21.4. The van der Waals surface area contributed by atoms with Gasteiger partial charge in [0.05, 0.1) is 12.2 Å². The molecule has 0 spiro atoms. The molecule has 2 N–H and O–H groups in total. The molecule has 0 aromatic heterocycles. The number of fused-ring (bicyclic) bond motifs is 5. The zero-order valence-corrected chi connectivity index (χ0v) is 13.5. The average molecular weight is 310 g/mol. The SMILES string of the molecule is [2H]C1([2H])C[C@@]2(C)[C@H]3[C@H](CC[C@H]2C([2H])([2H])[C@H]1O)[C@H]1CCC(=O)[C@]1(C)C[C@H]3O. The van der Waals surface area contributed by atoms with Gasteiger partial charge in [0.1, 0.15) is 5.78 Å². The normalized spacial score (nSPS) is 65.2. The summed E-state index contributed by atoms with van der Waals surface area (Å²) >= 11 is 0. The van der Waals surface area contributed by atoms with E-state index in [4.69, 9.17) is 5.48 Å². The van der Waals surface area contributed by atoms with Crippen molar-refractivity contribution in [1.82, 2.24) is 0 Å². The Morgan fingerprint density at radius 3 is 2.77 bits per heavy atom. The van der Waals surface area contributed by atoms with E-state index in [1.165, 1.54) is 0 Å². The van der Waals surface area contributed by atoms with Gasteiger partial charge < -0.3 is 10.2 Å². The molecule has 124 valence electrons. The summed E-state index contributed by atoms with van der Waals surface area (Å²) in [4.78, 5) is 12.5. The second-order valence-electron chi connectivity index (χ2n) is 8.53. The van der Waals surface area contributed by atoms with Gasteiger partial charge in [-0.15, -0.1) is 0 Å². The van der Waals surface area contributed by atoms with Crippen LogP contribution < -0.4 is 0 Å². The van der Waals surface area contributed by atoms with Crippen LogP contribution in [0.4, 0.5) is 0 Å². The van der Waals surface area contributed by atoms with Crippen LogP contribution in [0, 0.1) is 34.5 Å². The molecule has 0 aliphatic heterocycles. The van der Waals surface area contributed by atoms with Gasteiger partial charge in [-0.2, -0.15) is 0 Å². The predicted octanol–water partition coefficient (Wildman–Crippen LogP) is 2.93. The fourth-order valence-electron chi connectivity index (χ4n) is 6.46. The Hall–Kier alpha value is -0.410. The van der Waals surface area contributed by atoms with E-state index >= 15 is 0 Å². The highest BCUT2D eigenvalue weighted by atomic mass is 16.3. The third-order valence-corrected chi connectivity index (χ3v) is 7.55. The van der Waals surface area contributed by atoms with Crippen LogP contribution in [0.25, 0.3) is 0 Å². The number of rotatable bonds is 0. The summed E-state index contributed by atoms with van der Waals surface area (Å²) in [7, 11) is 0. The molecule has 0 heterocycles. The monoisotopic (exact) mass is 310 g/mol. The van der Waals surface area contributed by atoms with Crippen LogP contribution in [0.15, 0.2) is 0 Å². The van der Waals surface area contributed by atoms with E-state index in [0.29, 0.717) is 19.3 Å². The average Bonchev–Trinajstić information content (AvgIpc) is 2.79. The molecule has 0 unspecified atom stereocenters. The van der Waals surface area contributed by atoms with Crippen molar-refractivity contribution in [2.45, 2.75) is 77.3 Å². The van der Waals surface area contributed by atoms with Gasteiger partial charge in [-0.3, -0.25) is 4.79 Å². The predicted molar refractivity (Wildman–Crippen MR) is 84.1 cm³/mol. The summed E-state index contributed by atoms with van der Waals surface area (Å²) in [6.07, 6.45) is -3.27. The third kappa shape index (κ3) is 1.84. The summed E-state index contributed by atoms with van der Waals surface area (Å²) in [5.41, 5.74) is -1.21. The van der Waals surface area contributed by atoms with E-state index in [2.05, 4.69) is 0 Å². The molecule has 4 aliphatic rings. The van der Waals surface area contributed by atoms with Gasteiger partial charge in [0.25, 0.3) is 0 Å². The molecule has 4 aliphatic carbocycles. The van der Waals surface area contributed by atoms with E-state index in [9.17, 15) is 15.0 Å². The van der Waals surface area contributed by atoms with E-state index < -0.39 is 41.7 Å². The topological polar surface area (TPSA) is 57.5 Å². The lowest BCUT2D eigenvalue weighted by Crippen LogP contribution is -2.59. The van der Waals surface area contributed by atoms with E-state index in [-0.39, 0.29) is 30.0 Å². The van der Waals surface area contributed by atoms with Crippen molar-refractivity contribution in [3.8, 4) is 0 Å². The first-order chi connectivity index (χ1) is 11.9. The van der Waals surface area contributed by atoms with Crippen LogP contribution in [-0.2, 0) is 4.79 Å². The first kappa shape index (κ1) is 11.2. The van der Waals surface area contributed by atoms with Crippen molar-refractivity contribution in [3.05, 3.63) is 0 Å². The van der Waals surface area contributed by atoms with Gasteiger partial charge in [-0.25, -0.2) is 0 Å². The number of aliphatic hydroxyl groups excluding tert-OH is 2. The Bertz CT molecular complexity index is 638. The van der Waals surface area contributed by atoms with Crippen LogP contribution >= 0.6 is 0 Å². The lowest BCUT2D eigenvalue weighted by molar-refractivity contribution is -0.175. The van der Waals surface area contributed by atoms with Crippen molar-refractivity contribution in [1.29, 1.82) is 0 Å². The Labute approximate surface area is 139 Å². The maximum Gasteiger partial charge on any atom is 0.139 e. The highest BCUT2D eigenvalue weighted by molar-refractivity contribution is 5.87. The van der Waals surface area contributed by atoms with Crippen LogP contribution in [0.1, 0.15) is 70.6 Å². The first-order valence-corrected chi connectivity index (χ1v) is 8.75. The molecule has 0 aromatic rings. The van der Waals surface area contributed by atoms with Crippen molar-refractivity contribution >= 4 is 5.78 Å². The van der Waals surface area contributed by atoms with Crippen molar-refractivity contribution in [2.75, 3.05) is 0 Å². The minimum atomic E-state index is -2.03. The molecule has 4 fully saturated rings. The van der Waals surface area contributed by atoms with Gasteiger partial charge >= 0.3 is 0 Å². The molecular formula is C19H30O3. The quantitative estimate of drug-likeness (QED) is 0.723. The molecule has 22 heavy (non-hydrogen) atoms. The highest BCUT2D eigenvalue weighted by Crippen LogP contribution is 2.65. The van der Waals surface area contributed by atoms with E-state index in [0.717, 1.165) is 12.8 Å². The van der Waals surface area contributed by atoms with Crippen LogP contribution in [0.5, 0.6) is 0 Å². The molecule has 0 aromatic carbocycles. The Kier molecular flexibility index (Phi) is 2.44. The van der Waals surface area contributed by atoms with Crippen molar-refractivity contribution in [2.24, 2.45) is 34.5 Å². The van der Waals surface area contributed by atoms with Gasteiger partial charge in [0, 0.05) is 17.3 Å². The number of ketones is 1. The summed E-state index contributed by atoms with van der Waals surface area (Å²) in [6.45, 7) is 3.89. The summed E-state index contributed by atoms with van der Waals surface area (Å²) in [5.74, 6) is -0.144. The Morgan fingerprint density at radius 1 is 1.23 bits per heavy atom.